The van der Waals surface area contributed by atoms with Crippen LogP contribution < -0.4 is 0 Å². The number of sulfone groups is 1. The summed E-state index contributed by atoms with van der Waals surface area (Å²) >= 11 is 0. The van der Waals surface area contributed by atoms with E-state index in [2.05, 4.69) is 0 Å². The Labute approximate surface area is 124 Å². The van der Waals surface area contributed by atoms with E-state index in [1.807, 2.05) is 0 Å². The topological polar surface area (TPSA) is 95.0 Å². The van der Waals surface area contributed by atoms with E-state index in [0.717, 1.165) is 12.8 Å². The Morgan fingerprint density at radius 2 is 1.86 bits per heavy atom. The third-order valence-corrected chi connectivity index (χ3v) is 5.83. The smallest absolute Gasteiger partial charge is 0.317 e. The molecule has 1 aliphatic carbocycles. The molecule has 8 heteroatoms. The highest BCUT2D eigenvalue weighted by Gasteiger charge is 2.34. The highest BCUT2D eigenvalue weighted by Crippen LogP contribution is 2.29. The molecule has 0 aromatic rings. The van der Waals surface area contributed by atoms with Crippen LogP contribution in [0.15, 0.2) is 0 Å². The van der Waals surface area contributed by atoms with E-state index in [1.165, 1.54) is 4.90 Å². The SMILES string of the molecule is CN(C(=O)CN(CC(=O)O)CC1CC1)C1CCS(=O)(=O)C1. The molecule has 1 heterocycles. The second kappa shape index (κ2) is 6.31. The van der Waals surface area contributed by atoms with Crippen LogP contribution in [0.2, 0.25) is 0 Å². The molecule has 1 aliphatic heterocycles. The fraction of sp³-hybridized carbons (Fsp3) is 0.846. The normalized spacial score (nSPS) is 24.2. The summed E-state index contributed by atoms with van der Waals surface area (Å²) in [5.41, 5.74) is 0. The predicted molar refractivity (Wildman–Crippen MR) is 76.6 cm³/mol. The molecule has 1 saturated carbocycles. The molecular formula is C13H22N2O5S. The van der Waals surface area contributed by atoms with Gasteiger partial charge in [-0.15, -0.1) is 0 Å². The zero-order chi connectivity index (χ0) is 15.6. The van der Waals surface area contributed by atoms with E-state index in [1.54, 1.807) is 11.9 Å². The minimum atomic E-state index is -3.03. The maximum atomic E-state index is 12.2. The summed E-state index contributed by atoms with van der Waals surface area (Å²) in [6.07, 6.45) is 2.63. The first kappa shape index (κ1) is 16.2. The summed E-state index contributed by atoms with van der Waals surface area (Å²) < 4.78 is 22.9. The van der Waals surface area contributed by atoms with E-state index in [4.69, 9.17) is 5.11 Å². The molecule has 0 radical (unpaired) electrons. The highest BCUT2D eigenvalue weighted by atomic mass is 32.2. The number of rotatable bonds is 7. The second-order valence-corrected chi connectivity index (χ2v) is 8.30. The van der Waals surface area contributed by atoms with E-state index < -0.39 is 15.8 Å². The molecule has 0 aromatic heterocycles. The van der Waals surface area contributed by atoms with Crippen LogP contribution in [-0.4, -0.2) is 79.4 Å². The molecule has 1 N–H and O–H groups in total. The van der Waals surface area contributed by atoms with Crippen molar-refractivity contribution in [1.29, 1.82) is 0 Å². The summed E-state index contributed by atoms with van der Waals surface area (Å²) in [5, 5.41) is 8.90. The number of likely N-dealkylation sites (N-methyl/N-ethyl adjacent to an activating group) is 1. The van der Waals surface area contributed by atoms with E-state index in [9.17, 15) is 18.0 Å². The van der Waals surface area contributed by atoms with Gasteiger partial charge in [0.05, 0.1) is 24.6 Å². The quantitative estimate of drug-likeness (QED) is 0.675. The number of carboxylic acid groups (broad SMARTS) is 1. The van der Waals surface area contributed by atoms with Crippen LogP contribution in [0, 0.1) is 5.92 Å². The number of hydrogen-bond acceptors (Lipinski definition) is 5. The average Bonchev–Trinajstić information content (AvgIpc) is 3.09. The Kier molecular flexibility index (Phi) is 4.88. The zero-order valence-corrected chi connectivity index (χ0v) is 13.0. The van der Waals surface area contributed by atoms with Crippen LogP contribution in [0.5, 0.6) is 0 Å². The van der Waals surface area contributed by atoms with Crippen molar-refractivity contribution >= 4 is 21.7 Å². The monoisotopic (exact) mass is 318 g/mol. The zero-order valence-electron chi connectivity index (χ0n) is 12.2. The first-order valence-electron chi connectivity index (χ1n) is 7.17. The number of carbonyl (C=O) groups is 2. The molecule has 0 aromatic carbocycles. The maximum absolute atomic E-state index is 12.2. The van der Waals surface area contributed by atoms with Crippen molar-refractivity contribution in [2.75, 3.05) is 38.2 Å². The first-order chi connectivity index (χ1) is 9.77. The molecule has 120 valence electrons. The lowest BCUT2D eigenvalue weighted by atomic mass is 10.2. The van der Waals surface area contributed by atoms with E-state index in [0.29, 0.717) is 18.9 Å². The molecule has 7 nitrogen and oxygen atoms in total. The number of aliphatic carboxylic acids is 1. The van der Waals surface area contributed by atoms with Crippen molar-refractivity contribution in [3.8, 4) is 0 Å². The van der Waals surface area contributed by atoms with Crippen LogP contribution in [0.3, 0.4) is 0 Å². The van der Waals surface area contributed by atoms with Crippen LogP contribution in [-0.2, 0) is 19.4 Å². The Hall–Kier alpha value is -1.15. The Balaban J connectivity index is 1.89. The standard InChI is InChI=1S/C13H22N2O5S/c1-14(11-4-5-21(19,20)9-11)12(16)7-15(8-13(17)18)6-10-2-3-10/h10-11H,2-9H2,1H3,(H,17,18). The highest BCUT2D eigenvalue weighted by molar-refractivity contribution is 7.91. The van der Waals surface area contributed by atoms with Crippen LogP contribution >= 0.6 is 0 Å². The lowest BCUT2D eigenvalue weighted by Crippen LogP contribution is -2.45. The fourth-order valence-corrected chi connectivity index (χ4v) is 4.40. The van der Waals surface area contributed by atoms with Crippen molar-refractivity contribution in [3.63, 3.8) is 0 Å². The largest absolute Gasteiger partial charge is 0.480 e. The number of carbonyl (C=O) groups excluding carboxylic acids is 1. The number of carboxylic acids is 1. The van der Waals surface area contributed by atoms with E-state index in [-0.39, 0.29) is 36.5 Å². The van der Waals surface area contributed by atoms with Gasteiger partial charge in [-0.2, -0.15) is 0 Å². The minimum absolute atomic E-state index is 0.0107. The Bertz CT molecular complexity index is 515. The van der Waals surface area contributed by atoms with Gasteiger partial charge in [0.15, 0.2) is 9.84 Å². The molecule has 0 bridgehead atoms. The van der Waals surface area contributed by atoms with Gasteiger partial charge < -0.3 is 10.0 Å². The van der Waals surface area contributed by atoms with Gasteiger partial charge in [0.1, 0.15) is 0 Å². The van der Waals surface area contributed by atoms with Gasteiger partial charge in [0, 0.05) is 19.6 Å². The van der Waals surface area contributed by atoms with Crippen LogP contribution in [0.4, 0.5) is 0 Å². The summed E-state index contributed by atoms with van der Waals surface area (Å²) in [5.74, 6) is -0.532. The van der Waals surface area contributed by atoms with Crippen molar-refractivity contribution in [2.24, 2.45) is 5.92 Å². The first-order valence-corrected chi connectivity index (χ1v) is 8.99. The average molecular weight is 318 g/mol. The molecule has 1 saturated heterocycles. The van der Waals surface area contributed by atoms with Crippen molar-refractivity contribution in [2.45, 2.75) is 25.3 Å². The fourth-order valence-electron chi connectivity index (χ4n) is 2.63. The molecule has 1 atom stereocenters. The van der Waals surface area contributed by atoms with Crippen molar-refractivity contribution in [3.05, 3.63) is 0 Å². The number of hydrogen-bond donors (Lipinski definition) is 1. The van der Waals surface area contributed by atoms with Gasteiger partial charge in [-0.05, 0) is 25.2 Å². The molecule has 2 aliphatic rings. The van der Waals surface area contributed by atoms with Gasteiger partial charge in [-0.1, -0.05) is 0 Å². The lowest BCUT2D eigenvalue weighted by molar-refractivity contribution is -0.139. The second-order valence-electron chi connectivity index (χ2n) is 6.07. The van der Waals surface area contributed by atoms with Crippen LogP contribution in [0.1, 0.15) is 19.3 Å². The molecule has 1 amide bonds. The molecule has 0 spiro atoms. The third-order valence-electron chi connectivity index (χ3n) is 4.08. The third kappa shape index (κ3) is 4.96. The maximum Gasteiger partial charge on any atom is 0.317 e. The summed E-state index contributed by atoms with van der Waals surface area (Å²) in [6, 6.07) is -0.282. The molecule has 21 heavy (non-hydrogen) atoms. The number of nitrogens with zero attached hydrogens (tertiary/aromatic N) is 2. The van der Waals surface area contributed by atoms with E-state index >= 15 is 0 Å². The van der Waals surface area contributed by atoms with Gasteiger partial charge in [-0.25, -0.2) is 8.42 Å². The summed E-state index contributed by atoms with van der Waals surface area (Å²) in [7, 11) is -1.43. The molecule has 2 fully saturated rings. The van der Waals surface area contributed by atoms with Gasteiger partial charge in [0.2, 0.25) is 5.91 Å². The number of amides is 1. The van der Waals surface area contributed by atoms with Gasteiger partial charge in [-0.3, -0.25) is 14.5 Å². The van der Waals surface area contributed by atoms with Crippen molar-refractivity contribution < 1.29 is 23.1 Å². The Morgan fingerprint density at radius 1 is 1.19 bits per heavy atom. The molecule has 2 rings (SSSR count). The minimum Gasteiger partial charge on any atom is -0.480 e. The predicted octanol–water partition coefficient (Wildman–Crippen LogP) is -0.571. The van der Waals surface area contributed by atoms with Crippen molar-refractivity contribution in [1.82, 2.24) is 9.80 Å². The van der Waals surface area contributed by atoms with Crippen LogP contribution in [0.25, 0.3) is 0 Å². The molecular weight excluding hydrogens is 296 g/mol. The lowest BCUT2D eigenvalue weighted by Gasteiger charge is -2.27. The Morgan fingerprint density at radius 3 is 2.33 bits per heavy atom. The summed E-state index contributed by atoms with van der Waals surface area (Å²) in [6.45, 7) is 0.504. The van der Waals surface area contributed by atoms with Gasteiger partial charge in [0.25, 0.3) is 0 Å². The van der Waals surface area contributed by atoms with Gasteiger partial charge >= 0.3 is 5.97 Å². The summed E-state index contributed by atoms with van der Waals surface area (Å²) in [4.78, 5) is 26.2. The molecule has 1 unspecified atom stereocenters.